The van der Waals surface area contributed by atoms with E-state index in [1.165, 1.54) is 173 Å². The van der Waals surface area contributed by atoms with Crippen LogP contribution in [-0.2, 0) is 0 Å². The van der Waals surface area contributed by atoms with Crippen molar-refractivity contribution in [2.75, 3.05) is 0 Å². The minimum Gasteiger partial charge on any atom is -0.103 e. The van der Waals surface area contributed by atoms with Crippen molar-refractivity contribution < 1.29 is 0 Å². The molecule has 0 unspecified atom stereocenters. The summed E-state index contributed by atoms with van der Waals surface area (Å²) in [5.41, 5.74) is 0. The molecule has 0 radical (unpaired) electrons. The first-order valence-electron chi connectivity index (χ1n) is 18.3. The van der Waals surface area contributed by atoms with Crippen LogP contribution < -0.4 is 0 Å². The molecule has 236 valence electrons. The minimum absolute atomic E-state index is 1.19. The maximum atomic E-state index is 3.63. The van der Waals surface area contributed by atoms with E-state index in [1.807, 2.05) is 19.9 Å². The fourth-order valence-electron chi connectivity index (χ4n) is 4.01. The maximum absolute atomic E-state index is 3.63. The Morgan fingerprint density at radius 2 is 0.474 bits per heavy atom. The van der Waals surface area contributed by atoms with E-state index in [9.17, 15) is 0 Å². The van der Waals surface area contributed by atoms with Crippen LogP contribution in [0.2, 0.25) is 0 Å². The predicted molar refractivity (Wildman–Crippen MR) is 186 cm³/mol. The summed E-state index contributed by atoms with van der Waals surface area (Å²) < 4.78 is 0. The van der Waals surface area contributed by atoms with Crippen molar-refractivity contribution in [2.24, 2.45) is 0 Å². The van der Waals surface area contributed by atoms with Crippen molar-refractivity contribution in [3.63, 3.8) is 0 Å². The molecule has 0 heteroatoms. The third kappa shape index (κ3) is 76.5. The van der Waals surface area contributed by atoms with Gasteiger partial charge in [-0.1, -0.05) is 229 Å². The van der Waals surface area contributed by atoms with Gasteiger partial charge in [0.05, 0.1) is 0 Å². The maximum Gasteiger partial charge on any atom is -0.0353 e. The van der Waals surface area contributed by atoms with Gasteiger partial charge in [0.15, 0.2) is 0 Å². The molecule has 0 nitrogen and oxygen atoms in total. The van der Waals surface area contributed by atoms with Gasteiger partial charge in [0.25, 0.3) is 0 Å². The molecule has 0 aliphatic rings. The molecule has 0 rings (SSSR count). The zero-order valence-corrected chi connectivity index (χ0v) is 29.4. The average Bonchev–Trinajstić information content (AvgIpc) is 2.94. The number of hydrogen-bond donors (Lipinski definition) is 0. The molecule has 0 saturated heterocycles. The molecule has 0 saturated carbocycles. The Morgan fingerprint density at radius 3 is 0.632 bits per heavy atom. The smallest absolute Gasteiger partial charge is 0.0353 e. The van der Waals surface area contributed by atoms with Crippen molar-refractivity contribution in [3.8, 4) is 0 Å². The van der Waals surface area contributed by atoms with Gasteiger partial charge in [-0.3, -0.25) is 0 Å². The summed E-state index contributed by atoms with van der Waals surface area (Å²) in [7, 11) is 0. The lowest BCUT2D eigenvalue weighted by atomic mass is 10.1. The van der Waals surface area contributed by atoms with Gasteiger partial charge in [-0.25, -0.2) is 0 Å². The summed E-state index contributed by atoms with van der Waals surface area (Å²) >= 11 is 0. The Morgan fingerprint density at radius 1 is 0.316 bits per heavy atom. The fraction of sp³-hybridized carbons (Fsp3) is 0.947. The van der Waals surface area contributed by atoms with Gasteiger partial charge in [0.1, 0.15) is 0 Å². The van der Waals surface area contributed by atoms with E-state index in [1.54, 1.807) is 0 Å². The summed E-state index contributed by atoms with van der Waals surface area (Å²) in [6.07, 6.45) is 40.3. The molecule has 0 spiro atoms. The number of unbranched alkanes of at least 4 members (excludes halogenated alkanes) is 23. The van der Waals surface area contributed by atoms with E-state index in [2.05, 4.69) is 55.0 Å². The summed E-state index contributed by atoms with van der Waals surface area (Å²) in [6.45, 7) is 23.2. The highest BCUT2D eigenvalue weighted by molar-refractivity contribution is 4.64. The first kappa shape index (κ1) is 47.5. The first-order valence-corrected chi connectivity index (χ1v) is 18.3. The van der Waals surface area contributed by atoms with Gasteiger partial charge in [-0.05, 0) is 12.8 Å². The first-order chi connectivity index (χ1) is 18.7. The van der Waals surface area contributed by atoms with Crippen molar-refractivity contribution in [1.82, 2.24) is 0 Å². The zero-order chi connectivity index (χ0) is 29.8. The Hall–Kier alpha value is -0.260. The molecule has 0 aromatic carbocycles. The predicted octanol–water partition coefficient (Wildman–Crippen LogP) is 15.8. The zero-order valence-electron chi connectivity index (χ0n) is 29.4. The molecule has 0 aromatic rings. The van der Waals surface area contributed by atoms with Gasteiger partial charge < -0.3 is 0 Å². The lowest BCUT2D eigenvalue weighted by Gasteiger charge is -2.00. The SMILES string of the molecule is C=CCCCCC.CC.CCC.CCCCCCCCCCCCC.CCCCCCCCCCCCC. The lowest BCUT2D eigenvalue weighted by Crippen LogP contribution is -1.80. The molecule has 0 fully saturated rings. The molecule has 0 heterocycles. The molecule has 0 atom stereocenters. The van der Waals surface area contributed by atoms with Gasteiger partial charge >= 0.3 is 0 Å². The van der Waals surface area contributed by atoms with E-state index in [-0.39, 0.29) is 0 Å². The van der Waals surface area contributed by atoms with Crippen molar-refractivity contribution >= 4 is 0 Å². The Labute approximate surface area is 248 Å². The second-order valence-corrected chi connectivity index (χ2v) is 10.9. The quantitative estimate of drug-likeness (QED) is 0.0843. The molecule has 0 bridgehead atoms. The fourth-order valence-corrected chi connectivity index (χ4v) is 4.01. The van der Waals surface area contributed by atoms with Crippen molar-refractivity contribution in [3.05, 3.63) is 12.7 Å². The van der Waals surface area contributed by atoms with Crippen LogP contribution in [0.4, 0.5) is 0 Å². The van der Waals surface area contributed by atoms with Crippen molar-refractivity contribution in [2.45, 2.75) is 236 Å². The second-order valence-electron chi connectivity index (χ2n) is 10.9. The van der Waals surface area contributed by atoms with Gasteiger partial charge in [-0.15, -0.1) is 6.58 Å². The van der Waals surface area contributed by atoms with E-state index < -0.39 is 0 Å². The summed E-state index contributed by atoms with van der Waals surface area (Å²) in [5, 5.41) is 0. The highest BCUT2D eigenvalue weighted by Crippen LogP contribution is 2.11. The summed E-state index contributed by atoms with van der Waals surface area (Å²) in [5.74, 6) is 0. The standard InChI is InChI=1S/2C13H28.C7H14.C3H8.C2H6/c2*1-3-5-7-9-11-13-12-10-8-6-4-2;1-3-5-7-6-4-2;1-3-2;1-2/h2*3-13H2,1-2H3;3H,1,4-7H2,2H3;3H2,1-2H3;1-2H3. The summed E-state index contributed by atoms with van der Waals surface area (Å²) in [6, 6.07) is 0. The topological polar surface area (TPSA) is 0 Å². The largest absolute Gasteiger partial charge is 0.103 e. The van der Waals surface area contributed by atoms with Crippen LogP contribution >= 0.6 is 0 Å². The number of hydrogen-bond acceptors (Lipinski definition) is 0. The van der Waals surface area contributed by atoms with Gasteiger partial charge in [-0.2, -0.15) is 0 Å². The van der Waals surface area contributed by atoms with Crippen LogP contribution in [0.5, 0.6) is 0 Å². The van der Waals surface area contributed by atoms with Crippen LogP contribution in [-0.4, -0.2) is 0 Å². The molecular weight excluding hydrogens is 456 g/mol. The molecule has 0 aliphatic carbocycles. The van der Waals surface area contributed by atoms with Crippen LogP contribution in [0.25, 0.3) is 0 Å². The Kier molecular flexibility index (Phi) is 76.3. The van der Waals surface area contributed by atoms with E-state index in [0.29, 0.717) is 0 Å². The number of allylic oxidation sites excluding steroid dienone is 1. The third-order valence-corrected chi connectivity index (χ3v) is 6.43. The monoisotopic (exact) mass is 541 g/mol. The molecule has 0 amide bonds. The Bertz CT molecular complexity index is 250. The van der Waals surface area contributed by atoms with Crippen LogP contribution in [0, 0.1) is 0 Å². The van der Waals surface area contributed by atoms with E-state index in [4.69, 9.17) is 0 Å². The molecule has 38 heavy (non-hydrogen) atoms. The summed E-state index contributed by atoms with van der Waals surface area (Å²) in [4.78, 5) is 0. The molecule has 0 N–H and O–H groups in total. The highest BCUT2D eigenvalue weighted by atomic mass is 14.0. The molecule has 0 aromatic heterocycles. The van der Waals surface area contributed by atoms with Crippen LogP contribution in [0.1, 0.15) is 236 Å². The Balaban J connectivity index is -0.000000136. The second kappa shape index (κ2) is 61.0. The minimum atomic E-state index is 1.19. The third-order valence-electron chi connectivity index (χ3n) is 6.43. The van der Waals surface area contributed by atoms with E-state index >= 15 is 0 Å². The molecule has 0 aliphatic heterocycles. The van der Waals surface area contributed by atoms with Gasteiger partial charge in [0, 0.05) is 0 Å². The van der Waals surface area contributed by atoms with Crippen LogP contribution in [0.15, 0.2) is 12.7 Å². The van der Waals surface area contributed by atoms with E-state index in [0.717, 1.165) is 0 Å². The highest BCUT2D eigenvalue weighted by Gasteiger charge is 1.92. The normalized spacial score (nSPS) is 9.50. The van der Waals surface area contributed by atoms with Gasteiger partial charge in [0.2, 0.25) is 0 Å². The molecular formula is C38H84. The van der Waals surface area contributed by atoms with Crippen molar-refractivity contribution in [1.29, 1.82) is 0 Å². The lowest BCUT2D eigenvalue weighted by molar-refractivity contribution is 0.554. The van der Waals surface area contributed by atoms with Crippen LogP contribution in [0.3, 0.4) is 0 Å². The average molecular weight is 541 g/mol. The number of rotatable bonds is 24.